The number of amides is 1. The lowest BCUT2D eigenvalue weighted by Gasteiger charge is -2.37. The van der Waals surface area contributed by atoms with Gasteiger partial charge in [0.15, 0.2) is 11.5 Å². The predicted molar refractivity (Wildman–Crippen MR) is 109 cm³/mol. The normalized spacial score (nSPS) is 18.1. The van der Waals surface area contributed by atoms with Crippen LogP contribution < -0.4 is 14.8 Å². The first-order valence-electron chi connectivity index (χ1n) is 9.81. The number of anilines is 1. The van der Waals surface area contributed by atoms with Crippen molar-refractivity contribution in [3.05, 3.63) is 53.6 Å². The highest BCUT2D eigenvalue weighted by Crippen LogP contribution is 2.34. The van der Waals surface area contributed by atoms with E-state index in [1.165, 1.54) is 11.1 Å². The van der Waals surface area contributed by atoms with Gasteiger partial charge in [0.05, 0.1) is 6.04 Å². The molecule has 0 bridgehead atoms. The van der Waals surface area contributed by atoms with Gasteiger partial charge in [-0.1, -0.05) is 29.8 Å². The van der Waals surface area contributed by atoms with E-state index in [9.17, 15) is 4.79 Å². The maximum atomic E-state index is 12.7. The smallest absolute Gasteiger partial charge is 0.241 e. The maximum absolute atomic E-state index is 12.7. The molecule has 1 amide bonds. The number of carbonyl (C=O) groups excluding carboxylic acids is 1. The van der Waals surface area contributed by atoms with E-state index in [1.807, 2.05) is 25.1 Å². The fourth-order valence-electron chi connectivity index (χ4n) is 3.76. The van der Waals surface area contributed by atoms with E-state index in [1.54, 1.807) is 0 Å². The van der Waals surface area contributed by atoms with Crippen molar-refractivity contribution >= 4 is 11.6 Å². The zero-order valence-electron chi connectivity index (χ0n) is 16.5. The standard InChI is InChI=1S/C22H27N3O3/c1-16-4-3-5-18(12-16)14-24-8-10-25(11-9-24)17(2)22(26)23-19-6-7-20-21(13-19)28-15-27-20/h3-7,12-13,17H,8-11,14-15H2,1-2H3,(H,23,26)/t17-/m0/s1. The molecule has 1 atom stereocenters. The maximum Gasteiger partial charge on any atom is 0.241 e. The molecule has 2 heterocycles. The van der Waals surface area contributed by atoms with E-state index in [4.69, 9.17) is 9.47 Å². The van der Waals surface area contributed by atoms with Gasteiger partial charge in [-0.05, 0) is 31.5 Å². The molecular weight excluding hydrogens is 354 g/mol. The van der Waals surface area contributed by atoms with Crippen molar-refractivity contribution in [1.82, 2.24) is 9.80 Å². The second-order valence-corrected chi connectivity index (χ2v) is 7.53. The third-order valence-electron chi connectivity index (χ3n) is 5.46. The average molecular weight is 381 g/mol. The molecule has 4 rings (SSSR count). The molecule has 0 aromatic heterocycles. The van der Waals surface area contributed by atoms with Crippen LogP contribution in [0.4, 0.5) is 5.69 Å². The predicted octanol–water partition coefficient (Wildman–Crippen LogP) is 2.87. The van der Waals surface area contributed by atoms with Crippen LogP contribution in [-0.2, 0) is 11.3 Å². The van der Waals surface area contributed by atoms with E-state index in [-0.39, 0.29) is 18.7 Å². The first-order chi connectivity index (χ1) is 13.6. The van der Waals surface area contributed by atoms with E-state index >= 15 is 0 Å². The third kappa shape index (κ3) is 4.29. The quantitative estimate of drug-likeness (QED) is 0.863. The van der Waals surface area contributed by atoms with Crippen molar-refractivity contribution < 1.29 is 14.3 Å². The number of piperazine rings is 1. The van der Waals surface area contributed by atoms with Crippen LogP contribution in [0, 0.1) is 6.92 Å². The van der Waals surface area contributed by atoms with Crippen LogP contribution in [0.2, 0.25) is 0 Å². The van der Waals surface area contributed by atoms with E-state index in [2.05, 4.69) is 46.3 Å². The van der Waals surface area contributed by atoms with Crippen molar-refractivity contribution in [3.8, 4) is 11.5 Å². The summed E-state index contributed by atoms with van der Waals surface area (Å²) in [6.45, 7) is 9.01. The molecule has 28 heavy (non-hydrogen) atoms. The highest BCUT2D eigenvalue weighted by atomic mass is 16.7. The van der Waals surface area contributed by atoms with E-state index < -0.39 is 0 Å². The highest BCUT2D eigenvalue weighted by Gasteiger charge is 2.26. The van der Waals surface area contributed by atoms with Crippen molar-refractivity contribution in [1.29, 1.82) is 0 Å². The topological polar surface area (TPSA) is 54.0 Å². The highest BCUT2D eigenvalue weighted by molar-refractivity contribution is 5.94. The Hall–Kier alpha value is -2.57. The van der Waals surface area contributed by atoms with E-state index in [0.29, 0.717) is 5.75 Å². The molecule has 1 saturated heterocycles. The molecule has 0 aliphatic carbocycles. The molecule has 2 aliphatic heterocycles. The fraction of sp³-hybridized carbons (Fsp3) is 0.409. The average Bonchev–Trinajstić information content (AvgIpc) is 3.16. The Morgan fingerprint density at radius 2 is 1.86 bits per heavy atom. The first kappa shape index (κ1) is 18.8. The first-order valence-corrected chi connectivity index (χ1v) is 9.81. The van der Waals surface area contributed by atoms with Gasteiger partial charge in [0, 0.05) is 44.5 Å². The molecular formula is C22H27N3O3. The largest absolute Gasteiger partial charge is 0.454 e. The van der Waals surface area contributed by atoms with Gasteiger partial charge < -0.3 is 14.8 Å². The Kier molecular flexibility index (Phi) is 5.50. The number of nitrogens with one attached hydrogen (secondary N) is 1. The van der Waals surface area contributed by atoms with Gasteiger partial charge in [-0.25, -0.2) is 0 Å². The van der Waals surface area contributed by atoms with Gasteiger partial charge in [-0.15, -0.1) is 0 Å². The summed E-state index contributed by atoms with van der Waals surface area (Å²) < 4.78 is 10.7. The van der Waals surface area contributed by atoms with Crippen LogP contribution in [0.1, 0.15) is 18.1 Å². The number of fused-ring (bicyclic) bond motifs is 1. The Morgan fingerprint density at radius 3 is 2.64 bits per heavy atom. The number of hydrogen-bond donors (Lipinski definition) is 1. The molecule has 0 radical (unpaired) electrons. The SMILES string of the molecule is Cc1cccc(CN2CCN([C@@H](C)C(=O)Nc3ccc4c(c3)OCO4)CC2)c1. The molecule has 2 aromatic rings. The molecule has 2 aliphatic rings. The summed E-state index contributed by atoms with van der Waals surface area (Å²) in [7, 11) is 0. The molecule has 1 N–H and O–H groups in total. The van der Waals surface area contributed by atoms with Crippen molar-refractivity contribution in [2.24, 2.45) is 0 Å². The second kappa shape index (κ2) is 8.20. The zero-order chi connectivity index (χ0) is 19.5. The minimum Gasteiger partial charge on any atom is -0.454 e. The van der Waals surface area contributed by atoms with Crippen molar-refractivity contribution in [3.63, 3.8) is 0 Å². The van der Waals surface area contributed by atoms with Gasteiger partial charge >= 0.3 is 0 Å². The Morgan fingerprint density at radius 1 is 1.07 bits per heavy atom. The minimum atomic E-state index is -0.174. The van der Waals surface area contributed by atoms with Gasteiger partial charge in [0.25, 0.3) is 0 Å². The zero-order valence-corrected chi connectivity index (χ0v) is 16.5. The lowest BCUT2D eigenvalue weighted by Crippen LogP contribution is -2.52. The Balaban J connectivity index is 1.28. The lowest BCUT2D eigenvalue weighted by atomic mass is 10.1. The van der Waals surface area contributed by atoms with E-state index in [0.717, 1.165) is 44.2 Å². The van der Waals surface area contributed by atoms with Crippen LogP contribution in [0.5, 0.6) is 11.5 Å². The molecule has 0 saturated carbocycles. The van der Waals surface area contributed by atoms with Gasteiger partial charge in [-0.3, -0.25) is 14.6 Å². The number of carbonyl (C=O) groups is 1. The number of aryl methyl sites for hydroxylation is 1. The summed E-state index contributed by atoms with van der Waals surface area (Å²) >= 11 is 0. The molecule has 6 heteroatoms. The van der Waals surface area contributed by atoms with Crippen LogP contribution >= 0.6 is 0 Å². The third-order valence-corrected chi connectivity index (χ3v) is 5.46. The second-order valence-electron chi connectivity index (χ2n) is 7.53. The number of hydrogen-bond acceptors (Lipinski definition) is 5. The van der Waals surface area contributed by atoms with Crippen LogP contribution in [0.3, 0.4) is 0 Å². The Labute approximate surface area is 166 Å². The number of ether oxygens (including phenoxy) is 2. The monoisotopic (exact) mass is 381 g/mol. The summed E-state index contributed by atoms with van der Waals surface area (Å²) in [4.78, 5) is 17.4. The fourth-order valence-corrected chi connectivity index (χ4v) is 3.76. The van der Waals surface area contributed by atoms with Gasteiger partial charge in [0.2, 0.25) is 12.7 Å². The lowest BCUT2D eigenvalue weighted by molar-refractivity contribution is -0.121. The molecule has 0 spiro atoms. The van der Waals surface area contributed by atoms with Crippen LogP contribution in [0.25, 0.3) is 0 Å². The molecule has 2 aromatic carbocycles. The number of nitrogens with zero attached hydrogens (tertiary/aromatic N) is 2. The number of benzene rings is 2. The van der Waals surface area contributed by atoms with Crippen molar-refractivity contribution in [2.45, 2.75) is 26.4 Å². The molecule has 0 unspecified atom stereocenters. The van der Waals surface area contributed by atoms with Gasteiger partial charge in [-0.2, -0.15) is 0 Å². The van der Waals surface area contributed by atoms with Crippen LogP contribution in [-0.4, -0.2) is 54.7 Å². The summed E-state index contributed by atoms with van der Waals surface area (Å²) in [5.74, 6) is 1.40. The van der Waals surface area contributed by atoms with Crippen LogP contribution in [0.15, 0.2) is 42.5 Å². The van der Waals surface area contributed by atoms with Gasteiger partial charge in [0.1, 0.15) is 0 Å². The summed E-state index contributed by atoms with van der Waals surface area (Å²) in [5.41, 5.74) is 3.38. The summed E-state index contributed by atoms with van der Waals surface area (Å²) in [6.07, 6.45) is 0. The Bertz CT molecular complexity index is 847. The minimum absolute atomic E-state index is 0.00556. The number of rotatable bonds is 5. The molecule has 1 fully saturated rings. The summed E-state index contributed by atoms with van der Waals surface area (Å²) in [6, 6.07) is 14.0. The molecule has 148 valence electrons. The summed E-state index contributed by atoms with van der Waals surface area (Å²) in [5, 5.41) is 3.00. The molecule has 6 nitrogen and oxygen atoms in total. The van der Waals surface area contributed by atoms with Crippen molar-refractivity contribution in [2.75, 3.05) is 38.3 Å².